The number of fused-ring (bicyclic) bond motifs is 1. The summed E-state index contributed by atoms with van der Waals surface area (Å²) in [4.78, 5) is 12.1. The molecule has 1 atom stereocenters. The van der Waals surface area contributed by atoms with Gasteiger partial charge in [-0.1, -0.05) is 34.1 Å². The van der Waals surface area contributed by atoms with Crippen molar-refractivity contribution in [2.75, 3.05) is 0 Å². The van der Waals surface area contributed by atoms with Crippen molar-refractivity contribution in [3.05, 3.63) is 46.0 Å². The lowest BCUT2D eigenvalue weighted by molar-refractivity contribution is 0.0931. The van der Waals surface area contributed by atoms with Crippen LogP contribution in [-0.2, 0) is 6.42 Å². The van der Waals surface area contributed by atoms with Gasteiger partial charge < -0.3 is 0 Å². The summed E-state index contributed by atoms with van der Waals surface area (Å²) in [5.41, 5.74) is 2.12. The Labute approximate surface area is 105 Å². The van der Waals surface area contributed by atoms with Crippen LogP contribution in [0.15, 0.2) is 34.8 Å². The van der Waals surface area contributed by atoms with Crippen molar-refractivity contribution in [2.24, 2.45) is 5.92 Å². The van der Waals surface area contributed by atoms with Crippen molar-refractivity contribution in [1.29, 1.82) is 0 Å². The Balaban J connectivity index is 2.12. The molecule has 0 N–H and O–H groups in total. The van der Waals surface area contributed by atoms with Crippen LogP contribution >= 0.6 is 15.9 Å². The molecule has 16 heavy (non-hydrogen) atoms. The number of benzene rings is 1. The molecule has 1 aliphatic carbocycles. The lowest BCUT2D eigenvalue weighted by Crippen LogP contribution is -2.08. The monoisotopic (exact) mass is 278 g/mol. The number of ketones is 1. The molecular formula is C14H15BrO. The maximum atomic E-state index is 12.1. The van der Waals surface area contributed by atoms with Gasteiger partial charge in [-0.2, -0.15) is 0 Å². The number of hydrogen-bond donors (Lipinski definition) is 0. The fraction of sp³-hybridized carbons (Fsp3) is 0.357. The van der Waals surface area contributed by atoms with Gasteiger partial charge in [-0.25, -0.2) is 0 Å². The van der Waals surface area contributed by atoms with E-state index in [-0.39, 0.29) is 5.92 Å². The van der Waals surface area contributed by atoms with E-state index in [1.807, 2.05) is 25.1 Å². The molecule has 2 heteroatoms. The Kier molecular flexibility index (Phi) is 3.59. The van der Waals surface area contributed by atoms with E-state index in [1.54, 1.807) is 0 Å². The summed E-state index contributed by atoms with van der Waals surface area (Å²) in [6.45, 7) is 2.02. The number of Topliss-reactive ketones (excluding diaryl/α,β-unsaturated/α-hetero) is 1. The first-order valence-electron chi connectivity index (χ1n) is 5.66. The lowest BCUT2D eigenvalue weighted by atomic mass is 9.99. The Morgan fingerprint density at radius 3 is 3.06 bits per heavy atom. The number of rotatable bonds is 3. The number of hydrogen-bond acceptors (Lipinski definition) is 1. The minimum Gasteiger partial charge on any atom is -0.294 e. The Morgan fingerprint density at radius 1 is 1.50 bits per heavy atom. The summed E-state index contributed by atoms with van der Waals surface area (Å²) >= 11 is 3.41. The molecule has 1 aliphatic rings. The Bertz CT molecular complexity index is 434. The second-order valence-electron chi connectivity index (χ2n) is 4.21. The second kappa shape index (κ2) is 4.96. The highest BCUT2D eigenvalue weighted by Crippen LogP contribution is 2.31. The molecule has 0 aromatic heterocycles. The van der Waals surface area contributed by atoms with Crippen LogP contribution in [-0.4, -0.2) is 5.78 Å². The summed E-state index contributed by atoms with van der Waals surface area (Å²) in [6, 6.07) is 6.03. The SMILES string of the molecule is C/C=C\CCC1Cc2ccc(Br)cc2C1=O. The van der Waals surface area contributed by atoms with Crippen molar-refractivity contribution in [3.63, 3.8) is 0 Å². The normalized spacial score (nSPS) is 19.4. The van der Waals surface area contributed by atoms with E-state index in [4.69, 9.17) is 0 Å². The minimum absolute atomic E-state index is 0.195. The molecule has 84 valence electrons. The van der Waals surface area contributed by atoms with Gasteiger partial charge in [-0.15, -0.1) is 0 Å². The predicted octanol–water partition coefficient (Wildman–Crippen LogP) is 4.16. The van der Waals surface area contributed by atoms with E-state index < -0.39 is 0 Å². The van der Waals surface area contributed by atoms with Gasteiger partial charge in [0.05, 0.1) is 0 Å². The van der Waals surface area contributed by atoms with Crippen LogP contribution in [0.4, 0.5) is 0 Å². The van der Waals surface area contributed by atoms with Gasteiger partial charge in [0.2, 0.25) is 0 Å². The maximum absolute atomic E-state index is 12.1. The molecule has 1 nitrogen and oxygen atoms in total. The van der Waals surface area contributed by atoms with Gasteiger partial charge in [-0.3, -0.25) is 4.79 Å². The molecule has 1 aromatic rings. The average molecular weight is 279 g/mol. The number of carbonyl (C=O) groups excluding carboxylic acids is 1. The molecular weight excluding hydrogens is 264 g/mol. The van der Waals surface area contributed by atoms with Gasteiger partial charge in [-0.05, 0) is 43.9 Å². The van der Waals surface area contributed by atoms with Crippen LogP contribution in [0.3, 0.4) is 0 Å². The summed E-state index contributed by atoms with van der Waals surface area (Å²) in [7, 11) is 0. The predicted molar refractivity (Wildman–Crippen MR) is 69.7 cm³/mol. The third kappa shape index (κ3) is 2.27. The zero-order chi connectivity index (χ0) is 11.5. The van der Waals surface area contributed by atoms with Crippen LogP contribution in [0.1, 0.15) is 35.7 Å². The molecule has 0 amide bonds. The molecule has 1 unspecified atom stereocenters. The van der Waals surface area contributed by atoms with Crippen LogP contribution in [0.2, 0.25) is 0 Å². The van der Waals surface area contributed by atoms with Crippen molar-refractivity contribution in [3.8, 4) is 0 Å². The smallest absolute Gasteiger partial charge is 0.166 e. The zero-order valence-corrected chi connectivity index (χ0v) is 11.0. The topological polar surface area (TPSA) is 17.1 Å². The Morgan fingerprint density at radius 2 is 2.31 bits per heavy atom. The molecule has 0 saturated heterocycles. The summed E-state index contributed by atoms with van der Waals surface area (Å²) in [6.07, 6.45) is 7.06. The maximum Gasteiger partial charge on any atom is 0.166 e. The molecule has 0 heterocycles. The fourth-order valence-electron chi connectivity index (χ4n) is 2.23. The minimum atomic E-state index is 0.195. The van der Waals surface area contributed by atoms with Crippen LogP contribution in [0, 0.1) is 5.92 Å². The fourth-order valence-corrected chi connectivity index (χ4v) is 2.59. The van der Waals surface area contributed by atoms with Crippen LogP contribution in [0.25, 0.3) is 0 Å². The van der Waals surface area contributed by atoms with E-state index >= 15 is 0 Å². The summed E-state index contributed by atoms with van der Waals surface area (Å²) in [5, 5.41) is 0. The highest BCUT2D eigenvalue weighted by molar-refractivity contribution is 9.10. The molecule has 0 aliphatic heterocycles. The second-order valence-corrected chi connectivity index (χ2v) is 5.13. The third-order valence-corrected chi connectivity index (χ3v) is 3.59. The third-order valence-electron chi connectivity index (χ3n) is 3.09. The highest BCUT2D eigenvalue weighted by atomic mass is 79.9. The standard InChI is InChI=1S/C14H15BrO/c1-2-3-4-5-11-8-10-6-7-12(15)9-13(10)14(11)16/h2-3,6-7,9,11H,4-5,8H2,1H3/b3-2-. The van der Waals surface area contributed by atoms with Crippen LogP contribution in [0.5, 0.6) is 0 Å². The van der Waals surface area contributed by atoms with Crippen molar-refractivity contribution in [2.45, 2.75) is 26.2 Å². The molecule has 0 saturated carbocycles. The summed E-state index contributed by atoms with van der Waals surface area (Å²) in [5.74, 6) is 0.515. The highest BCUT2D eigenvalue weighted by Gasteiger charge is 2.29. The van der Waals surface area contributed by atoms with E-state index in [2.05, 4.69) is 28.1 Å². The molecule has 1 aromatic carbocycles. The average Bonchev–Trinajstić information content (AvgIpc) is 2.57. The molecule has 0 radical (unpaired) electrons. The molecule has 0 spiro atoms. The molecule has 0 bridgehead atoms. The first-order chi connectivity index (χ1) is 7.72. The number of allylic oxidation sites excluding steroid dienone is 2. The lowest BCUT2D eigenvalue weighted by Gasteiger charge is -2.04. The van der Waals surface area contributed by atoms with Gasteiger partial charge in [0.1, 0.15) is 0 Å². The van der Waals surface area contributed by atoms with E-state index in [9.17, 15) is 4.79 Å². The van der Waals surface area contributed by atoms with Gasteiger partial charge in [0.25, 0.3) is 0 Å². The van der Waals surface area contributed by atoms with Crippen molar-refractivity contribution >= 4 is 21.7 Å². The van der Waals surface area contributed by atoms with Crippen molar-refractivity contribution in [1.82, 2.24) is 0 Å². The first kappa shape index (κ1) is 11.6. The van der Waals surface area contributed by atoms with E-state index in [1.165, 1.54) is 5.56 Å². The number of carbonyl (C=O) groups is 1. The first-order valence-corrected chi connectivity index (χ1v) is 6.45. The largest absolute Gasteiger partial charge is 0.294 e. The molecule has 2 rings (SSSR count). The van der Waals surface area contributed by atoms with Gasteiger partial charge in [0.15, 0.2) is 5.78 Å². The van der Waals surface area contributed by atoms with Crippen LogP contribution < -0.4 is 0 Å². The zero-order valence-electron chi connectivity index (χ0n) is 9.37. The molecule has 0 fully saturated rings. The van der Waals surface area contributed by atoms with E-state index in [0.717, 1.165) is 29.3 Å². The quantitative estimate of drug-likeness (QED) is 0.759. The number of halogens is 1. The van der Waals surface area contributed by atoms with Crippen molar-refractivity contribution < 1.29 is 4.79 Å². The summed E-state index contributed by atoms with van der Waals surface area (Å²) < 4.78 is 0.994. The van der Waals surface area contributed by atoms with Gasteiger partial charge >= 0.3 is 0 Å². The van der Waals surface area contributed by atoms with Gasteiger partial charge in [0, 0.05) is 16.0 Å². The van der Waals surface area contributed by atoms with E-state index in [0.29, 0.717) is 5.78 Å². The Hall–Kier alpha value is -0.890.